The van der Waals surface area contributed by atoms with Crippen molar-refractivity contribution in [3.63, 3.8) is 0 Å². The molecule has 0 heterocycles. The fourth-order valence-electron chi connectivity index (χ4n) is 0.203. The van der Waals surface area contributed by atoms with Gasteiger partial charge in [0.05, 0.1) is 13.2 Å². The van der Waals surface area contributed by atoms with Gasteiger partial charge in [-0.25, -0.2) is 0 Å². The number of rotatable bonds is 2. The minimum atomic E-state index is -0.616. The van der Waals surface area contributed by atoms with Gasteiger partial charge in [-0.1, -0.05) is 0 Å². The summed E-state index contributed by atoms with van der Waals surface area (Å²) in [6, 6.07) is 0. The lowest BCUT2D eigenvalue weighted by molar-refractivity contribution is -0.140. The fourth-order valence-corrected chi connectivity index (χ4v) is 0.203. The highest BCUT2D eigenvalue weighted by Gasteiger charge is 1.88. The molecule has 3 nitrogen and oxygen atoms in total. The van der Waals surface area contributed by atoms with Crippen molar-refractivity contribution in [1.82, 2.24) is 0 Å². The molecular weight excluding hydrogens is 191 g/mol. The van der Waals surface area contributed by atoms with Crippen molar-refractivity contribution in [3.05, 3.63) is 0 Å². The van der Waals surface area contributed by atoms with Crippen LogP contribution in [0.25, 0.3) is 0 Å². The number of carbonyl (C=O) groups is 1. The SMILES string of the molecule is CCOC(C)=O.OCC(Cl)Cl. The molecule has 0 aliphatic heterocycles. The summed E-state index contributed by atoms with van der Waals surface area (Å²) in [5.74, 6) is -0.211. The Kier molecular flexibility index (Phi) is 12.4. The maximum Gasteiger partial charge on any atom is 0.302 e. The fraction of sp³-hybridized carbons (Fsp3) is 0.833. The average molecular weight is 203 g/mol. The molecule has 68 valence electrons. The average Bonchev–Trinajstić information content (AvgIpc) is 1.89. The molecule has 1 N–H and O–H groups in total. The maximum atomic E-state index is 9.82. The smallest absolute Gasteiger partial charge is 0.302 e. The normalized spacial score (nSPS) is 8.55. The third kappa shape index (κ3) is 25.6. The first-order valence-electron chi connectivity index (χ1n) is 3.06. The van der Waals surface area contributed by atoms with E-state index < -0.39 is 4.84 Å². The van der Waals surface area contributed by atoms with Crippen molar-refractivity contribution in [1.29, 1.82) is 0 Å². The van der Waals surface area contributed by atoms with Gasteiger partial charge in [-0.15, -0.1) is 23.2 Å². The van der Waals surface area contributed by atoms with Gasteiger partial charge in [0, 0.05) is 6.92 Å². The van der Waals surface area contributed by atoms with Crippen LogP contribution in [-0.2, 0) is 9.53 Å². The van der Waals surface area contributed by atoms with Gasteiger partial charge in [0.1, 0.15) is 4.84 Å². The molecule has 0 spiro atoms. The van der Waals surface area contributed by atoms with Crippen LogP contribution >= 0.6 is 23.2 Å². The van der Waals surface area contributed by atoms with E-state index in [1.807, 2.05) is 0 Å². The van der Waals surface area contributed by atoms with Crippen molar-refractivity contribution in [2.24, 2.45) is 0 Å². The molecule has 0 aromatic carbocycles. The molecule has 0 aromatic heterocycles. The Bertz CT molecular complexity index is 95.8. The molecule has 11 heavy (non-hydrogen) atoms. The van der Waals surface area contributed by atoms with Crippen molar-refractivity contribution < 1.29 is 14.6 Å². The second-order valence-corrected chi connectivity index (χ2v) is 2.78. The third-order valence-electron chi connectivity index (χ3n) is 0.486. The Morgan fingerprint density at radius 2 is 2.00 bits per heavy atom. The molecule has 0 rings (SSSR count). The van der Waals surface area contributed by atoms with Gasteiger partial charge >= 0.3 is 5.97 Å². The summed E-state index contributed by atoms with van der Waals surface area (Å²) in [6.07, 6.45) is 0. The van der Waals surface area contributed by atoms with E-state index in [0.717, 1.165) is 0 Å². The Morgan fingerprint density at radius 3 is 2.00 bits per heavy atom. The summed E-state index contributed by atoms with van der Waals surface area (Å²) in [6.45, 7) is 3.49. The molecule has 0 atom stereocenters. The first kappa shape index (κ1) is 13.6. The van der Waals surface area contributed by atoms with Gasteiger partial charge in [0.25, 0.3) is 0 Å². The van der Waals surface area contributed by atoms with Crippen LogP contribution in [0.3, 0.4) is 0 Å². The molecular formula is C6H12Cl2O3. The minimum Gasteiger partial charge on any atom is -0.466 e. The number of esters is 1. The molecule has 0 amide bonds. The van der Waals surface area contributed by atoms with Gasteiger partial charge in [0.2, 0.25) is 0 Å². The van der Waals surface area contributed by atoms with Gasteiger partial charge < -0.3 is 9.84 Å². The molecule has 0 unspecified atom stereocenters. The van der Waals surface area contributed by atoms with Crippen LogP contribution in [0.1, 0.15) is 13.8 Å². The Morgan fingerprint density at radius 1 is 1.64 bits per heavy atom. The van der Waals surface area contributed by atoms with E-state index in [2.05, 4.69) is 4.74 Å². The summed E-state index contributed by atoms with van der Waals surface area (Å²) in [7, 11) is 0. The van der Waals surface area contributed by atoms with Crippen molar-refractivity contribution in [2.45, 2.75) is 18.7 Å². The highest BCUT2D eigenvalue weighted by Crippen LogP contribution is 1.96. The number of hydrogen-bond donors (Lipinski definition) is 1. The third-order valence-corrected chi connectivity index (χ3v) is 0.762. The first-order valence-corrected chi connectivity index (χ1v) is 3.94. The largest absolute Gasteiger partial charge is 0.466 e. The predicted octanol–water partition coefficient (Wildman–Crippen LogP) is 1.35. The number of hydrogen-bond acceptors (Lipinski definition) is 3. The molecule has 0 saturated heterocycles. The lowest BCUT2D eigenvalue weighted by Gasteiger charge is -1.89. The number of halogens is 2. The molecule has 0 radical (unpaired) electrons. The van der Waals surface area contributed by atoms with Crippen molar-refractivity contribution in [3.8, 4) is 0 Å². The number of aliphatic hydroxyl groups is 1. The molecule has 5 heteroatoms. The topological polar surface area (TPSA) is 46.5 Å². The summed E-state index contributed by atoms with van der Waals surface area (Å²) < 4.78 is 4.40. The molecule has 0 aliphatic carbocycles. The van der Waals surface area contributed by atoms with Gasteiger partial charge in [0.15, 0.2) is 0 Å². The van der Waals surface area contributed by atoms with Crippen LogP contribution in [0, 0.1) is 0 Å². The lowest BCUT2D eigenvalue weighted by atomic mass is 10.8. The highest BCUT2D eigenvalue weighted by molar-refractivity contribution is 6.44. The monoisotopic (exact) mass is 202 g/mol. The maximum absolute atomic E-state index is 9.82. The van der Waals surface area contributed by atoms with Crippen LogP contribution in [0.2, 0.25) is 0 Å². The van der Waals surface area contributed by atoms with Crippen LogP contribution in [-0.4, -0.2) is 29.1 Å². The second-order valence-electron chi connectivity index (χ2n) is 1.50. The van der Waals surface area contributed by atoms with E-state index in [1.165, 1.54) is 6.92 Å². The van der Waals surface area contributed by atoms with Crippen LogP contribution in [0.5, 0.6) is 0 Å². The van der Waals surface area contributed by atoms with E-state index in [0.29, 0.717) is 6.61 Å². The zero-order chi connectivity index (χ0) is 9.28. The number of carbonyl (C=O) groups excluding carboxylic acids is 1. The van der Waals surface area contributed by atoms with E-state index in [-0.39, 0.29) is 12.6 Å². The quantitative estimate of drug-likeness (QED) is 0.544. The van der Waals surface area contributed by atoms with Crippen LogP contribution in [0.4, 0.5) is 0 Å². The zero-order valence-corrected chi connectivity index (χ0v) is 8.02. The van der Waals surface area contributed by atoms with Gasteiger partial charge in [-0.05, 0) is 6.92 Å². The van der Waals surface area contributed by atoms with E-state index >= 15 is 0 Å². The molecule has 0 aromatic rings. The Balaban J connectivity index is 0. The standard InChI is InChI=1S/C4H8O2.C2H4Cl2O/c1-3-6-4(2)5;3-2(4)1-5/h3H2,1-2H3;2,5H,1H2. The second kappa shape index (κ2) is 10.0. The number of aliphatic hydroxyl groups excluding tert-OH is 1. The van der Waals surface area contributed by atoms with Gasteiger partial charge in [-0.2, -0.15) is 0 Å². The summed E-state index contributed by atoms with van der Waals surface area (Å²) in [4.78, 5) is 9.21. The summed E-state index contributed by atoms with van der Waals surface area (Å²) in [5.41, 5.74) is 0. The molecule has 0 saturated carbocycles. The molecule has 0 fully saturated rings. The highest BCUT2D eigenvalue weighted by atomic mass is 35.5. The van der Waals surface area contributed by atoms with Gasteiger partial charge in [-0.3, -0.25) is 4.79 Å². The van der Waals surface area contributed by atoms with E-state index in [4.69, 9.17) is 28.3 Å². The Hall–Kier alpha value is 0.01000. The molecule has 0 bridgehead atoms. The minimum absolute atomic E-state index is 0.164. The van der Waals surface area contributed by atoms with Crippen molar-refractivity contribution >= 4 is 29.2 Å². The number of alkyl halides is 2. The Labute approximate surface area is 76.2 Å². The lowest BCUT2D eigenvalue weighted by Crippen LogP contribution is -1.95. The summed E-state index contributed by atoms with van der Waals surface area (Å²) in [5, 5.41) is 7.88. The summed E-state index contributed by atoms with van der Waals surface area (Å²) >= 11 is 9.96. The zero-order valence-electron chi connectivity index (χ0n) is 6.51. The first-order chi connectivity index (χ1) is 5.04. The van der Waals surface area contributed by atoms with E-state index in [9.17, 15) is 4.79 Å². The predicted molar refractivity (Wildman–Crippen MR) is 44.9 cm³/mol. The van der Waals surface area contributed by atoms with E-state index in [1.54, 1.807) is 6.92 Å². The van der Waals surface area contributed by atoms with Crippen molar-refractivity contribution in [2.75, 3.05) is 13.2 Å². The molecule has 0 aliphatic rings. The number of ether oxygens (including phenoxy) is 1. The van der Waals surface area contributed by atoms with Crippen LogP contribution in [0.15, 0.2) is 0 Å². The van der Waals surface area contributed by atoms with Crippen LogP contribution < -0.4 is 0 Å².